The number of carbonyl (C=O) groups excluding carboxylic acids is 1. The van der Waals surface area contributed by atoms with Crippen molar-refractivity contribution in [3.63, 3.8) is 0 Å². The molecule has 0 saturated heterocycles. The quantitative estimate of drug-likeness (QED) is 0.774. The number of hydrogen-bond donors (Lipinski definition) is 2. The Balaban J connectivity index is 3.02. The van der Waals surface area contributed by atoms with E-state index in [2.05, 4.69) is 17.2 Å². The molecule has 0 aliphatic carbocycles. The molecule has 0 radical (unpaired) electrons. The molecule has 0 aromatic heterocycles. The molecule has 0 heterocycles. The lowest BCUT2D eigenvalue weighted by Gasteiger charge is -2.05. The van der Waals surface area contributed by atoms with Crippen LogP contribution in [0.25, 0.3) is 0 Å². The van der Waals surface area contributed by atoms with Crippen LogP contribution in [0, 0.1) is 17.7 Å². The first-order valence-electron chi connectivity index (χ1n) is 5.45. The van der Waals surface area contributed by atoms with Gasteiger partial charge in [-0.1, -0.05) is 18.8 Å². The first-order valence-corrected chi connectivity index (χ1v) is 5.45. The Hall–Kier alpha value is -1.86. The fourth-order valence-corrected chi connectivity index (χ4v) is 1.29. The van der Waals surface area contributed by atoms with Crippen LogP contribution >= 0.6 is 0 Å². The Morgan fingerprint density at radius 2 is 2.29 bits per heavy atom. The Morgan fingerprint density at radius 3 is 2.94 bits per heavy atom. The first-order chi connectivity index (χ1) is 8.19. The van der Waals surface area contributed by atoms with E-state index in [1.54, 1.807) is 0 Å². The molecule has 1 aromatic rings. The largest absolute Gasteiger partial charge is 0.352 e. The molecule has 0 aliphatic heterocycles. The number of rotatable bonds is 3. The van der Waals surface area contributed by atoms with Crippen molar-refractivity contribution in [2.45, 2.75) is 13.3 Å². The van der Waals surface area contributed by atoms with Gasteiger partial charge in [0.05, 0.1) is 12.1 Å². The van der Waals surface area contributed by atoms with Gasteiger partial charge in [-0.05, 0) is 24.6 Å². The SMILES string of the molecule is CCCNC(=O)c1cc(F)ccc1C#CCN. The van der Waals surface area contributed by atoms with E-state index in [-0.39, 0.29) is 18.0 Å². The third kappa shape index (κ3) is 3.89. The molecule has 1 amide bonds. The van der Waals surface area contributed by atoms with E-state index < -0.39 is 5.82 Å². The second kappa shape index (κ2) is 6.66. The van der Waals surface area contributed by atoms with Gasteiger partial charge in [-0.25, -0.2) is 4.39 Å². The standard InChI is InChI=1S/C13H15FN2O/c1-2-8-16-13(17)12-9-11(14)6-5-10(12)4-3-7-15/h5-6,9H,2,7-8,15H2,1H3,(H,16,17). The van der Waals surface area contributed by atoms with Crippen LogP contribution in [0.2, 0.25) is 0 Å². The average Bonchev–Trinajstić information content (AvgIpc) is 2.34. The number of hydrogen-bond acceptors (Lipinski definition) is 2. The van der Waals surface area contributed by atoms with Crippen LogP contribution in [-0.4, -0.2) is 19.0 Å². The molecule has 1 aromatic carbocycles. The van der Waals surface area contributed by atoms with E-state index in [1.165, 1.54) is 18.2 Å². The van der Waals surface area contributed by atoms with E-state index in [9.17, 15) is 9.18 Å². The maximum absolute atomic E-state index is 13.1. The predicted octanol–water partition coefficient (Wildman–Crippen LogP) is 1.28. The maximum atomic E-state index is 13.1. The van der Waals surface area contributed by atoms with Crippen molar-refractivity contribution in [2.24, 2.45) is 5.73 Å². The summed E-state index contributed by atoms with van der Waals surface area (Å²) < 4.78 is 13.1. The monoisotopic (exact) mass is 234 g/mol. The van der Waals surface area contributed by atoms with Gasteiger partial charge in [0.2, 0.25) is 0 Å². The van der Waals surface area contributed by atoms with E-state index in [4.69, 9.17) is 5.73 Å². The number of benzene rings is 1. The molecule has 0 bridgehead atoms. The first kappa shape index (κ1) is 13.2. The van der Waals surface area contributed by atoms with Gasteiger partial charge < -0.3 is 11.1 Å². The molecule has 0 unspecified atom stereocenters. The molecule has 4 heteroatoms. The number of nitrogens with one attached hydrogen (secondary N) is 1. The third-order valence-corrected chi connectivity index (χ3v) is 2.09. The summed E-state index contributed by atoms with van der Waals surface area (Å²) in [5.74, 6) is 4.64. The summed E-state index contributed by atoms with van der Waals surface area (Å²) >= 11 is 0. The lowest BCUT2D eigenvalue weighted by atomic mass is 10.1. The molecule has 0 fully saturated rings. The minimum atomic E-state index is -0.454. The normalized spacial score (nSPS) is 9.35. The minimum Gasteiger partial charge on any atom is -0.352 e. The third-order valence-electron chi connectivity index (χ3n) is 2.09. The molecule has 0 saturated carbocycles. The Bertz CT molecular complexity index is 460. The smallest absolute Gasteiger partial charge is 0.252 e. The molecule has 3 nitrogen and oxygen atoms in total. The van der Waals surface area contributed by atoms with Crippen LogP contribution in [0.1, 0.15) is 29.3 Å². The fraction of sp³-hybridized carbons (Fsp3) is 0.308. The zero-order chi connectivity index (χ0) is 12.7. The summed E-state index contributed by atoms with van der Waals surface area (Å²) in [6.07, 6.45) is 0.824. The van der Waals surface area contributed by atoms with Gasteiger partial charge in [0.1, 0.15) is 5.82 Å². The highest BCUT2D eigenvalue weighted by Gasteiger charge is 2.10. The van der Waals surface area contributed by atoms with Gasteiger partial charge >= 0.3 is 0 Å². The van der Waals surface area contributed by atoms with Gasteiger partial charge in [-0.3, -0.25) is 4.79 Å². The van der Waals surface area contributed by atoms with Crippen molar-refractivity contribution < 1.29 is 9.18 Å². The van der Waals surface area contributed by atoms with Crippen LogP contribution in [0.4, 0.5) is 4.39 Å². The number of carbonyl (C=O) groups is 1. The topological polar surface area (TPSA) is 55.1 Å². The fourth-order valence-electron chi connectivity index (χ4n) is 1.29. The van der Waals surface area contributed by atoms with Crippen molar-refractivity contribution in [2.75, 3.05) is 13.1 Å². The molecule has 3 N–H and O–H groups in total. The summed E-state index contributed by atoms with van der Waals surface area (Å²) in [7, 11) is 0. The Labute approximate surface area is 100 Å². The Morgan fingerprint density at radius 1 is 1.53 bits per heavy atom. The van der Waals surface area contributed by atoms with E-state index in [0.717, 1.165) is 6.42 Å². The van der Waals surface area contributed by atoms with Crippen molar-refractivity contribution in [1.82, 2.24) is 5.32 Å². The van der Waals surface area contributed by atoms with Crippen molar-refractivity contribution in [3.05, 3.63) is 35.1 Å². The summed E-state index contributed by atoms with van der Waals surface area (Å²) in [6, 6.07) is 3.95. The van der Waals surface area contributed by atoms with Crippen LogP contribution in [-0.2, 0) is 0 Å². The predicted molar refractivity (Wildman–Crippen MR) is 65.0 cm³/mol. The van der Waals surface area contributed by atoms with Crippen LogP contribution in [0.15, 0.2) is 18.2 Å². The van der Waals surface area contributed by atoms with Gasteiger partial charge in [-0.2, -0.15) is 0 Å². The number of amides is 1. The Kier molecular flexibility index (Phi) is 5.18. The zero-order valence-electron chi connectivity index (χ0n) is 9.72. The van der Waals surface area contributed by atoms with Crippen LogP contribution in [0.5, 0.6) is 0 Å². The molecule has 0 spiro atoms. The van der Waals surface area contributed by atoms with Crippen molar-refractivity contribution in [3.8, 4) is 11.8 Å². The van der Waals surface area contributed by atoms with Gasteiger partial charge in [-0.15, -0.1) is 0 Å². The highest BCUT2D eigenvalue weighted by molar-refractivity contribution is 5.96. The number of halogens is 1. The number of nitrogens with two attached hydrogens (primary N) is 1. The van der Waals surface area contributed by atoms with E-state index >= 15 is 0 Å². The molecule has 17 heavy (non-hydrogen) atoms. The average molecular weight is 234 g/mol. The maximum Gasteiger partial charge on any atom is 0.252 e. The molecular formula is C13H15FN2O. The summed E-state index contributed by atoms with van der Waals surface area (Å²) in [4.78, 5) is 11.8. The molecule has 0 atom stereocenters. The van der Waals surface area contributed by atoms with Crippen molar-refractivity contribution in [1.29, 1.82) is 0 Å². The molecule has 1 rings (SSSR count). The van der Waals surface area contributed by atoms with Gasteiger partial charge in [0, 0.05) is 12.1 Å². The van der Waals surface area contributed by atoms with Crippen LogP contribution < -0.4 is 11.1 Å². The lowest BCUT2D eigenvalue weighted by Crippen LogP contribution is -2.25. The second-order valence-electron chi connectivity index (χ2n) is 3.45. The lowest BCUT2D eigenvalue weighted by molar-refractivity contribution is 0.0953. The van der Waals surface area contributed by atoms with Gasteiger partial charge in [0.25, 0.3) is 5.91 Å². The van der Waals surface area contributed by atoms with E-state index in [0.29, 0.717) is 12.1 Å². The summed E-state index contributed by atoms with van der Waals surface area (Å²) in [5, 5.41) is 2.69. The highest BCUT2D eigenvalue weighted by atomic mass is 19.1. The van der Waals surface area contributed by atoms with Gasteiger partial charge in [0.15, 0.2) is 0 Å². The summed E-state index contributed by atoms with van der Waals surface area (Å²) in [5.41, 5.74) is 6.01. The van der Waals surface area contributed by atoms with Crippen molar-refractivity contribution >= 4 is 5.91 Å². The highest BCUT2D eigenvalue weighted by Crippen LogP contribution is 2.10. The summed E-state index contributed by atoms with van der Waals surface area (Å²) in [6.45, 7) is 2.70. The minimum absolute atomic E-state index is 0.202. The zero-order valence-corrected chi connectivity index (χ0v) is 9.72. The molecule has 90 valence electrons. The molecule has 0 aliphatic rings. The van der Waals surface area contributed by atoms with Crippen LogP contribution in [0.3, 0.4) is 0 Å². The van der Waals surface area contributed by atoms with E-state index in [1.807, 2.05) is 6.92 Å². The molecular weight excluding hydrogens is 219 g/mol. The second-order valence-corrected chi connectivity index (χ2v) is 3.45.